The zero-order valence-electron chi connectivity index (χ0n) is 20.5. The number of alkyl halides is 2. The van der Waals surface area contributed by atoms with Crippen LogP contribution in [-0.4, -0.2) is 81.1 Å². The minimum Gasteiger partial charge on any atom is -0.481 e. The van der Waals surface area contributed by atoms with E-state index in [9.17, 15) is 29.4 Å². The number of hydrogen-bond donors (Lipinski definition) is 4. The predicted octanol–water partition coefficient (Wildman–Crippen LogP) is 3.50. The van der Waals surface area contributed by atoms with Gasteiger partial charge in [-0.3, -0.25) is 19.4 Å². The molecule has 38 heavy (non-hydrogen) atoms. The van der Waals surface area contributed by atoms with E-state index in [0.29, 0.717) is 41.4 Å². The molecule has 0 aromatic heterocycles. The number of hydrogen-bond acceptors (Lipinski definition) is 7. The van der Waals surface area contributed by atoms with Gasteiger partial charge in [0.05, 0.1) is 0 Å². The Labute approximate surface area is 229 Å². The van der Waals surface area contributed by atoms with Gasteiger partial charge in [0.2, 0.25) is 0 Å². The normalized spacial score (nSPS) is 12.3. The minimum absolute atomic E-state index is 0.0634. The molecule has 1 amide bonds. The number of aliphatic carboxylic acids is 3. The lowest BCUT2D eigenvalue weighted by Crippen LogP contribution is -2.57. The highest BCUT2D eigenvalue weighted by atomic mass is 35.5. The quantitative estimate of drug-likeness (QED) is 0.174. The largest absolute Gasteiger partial charge is 0.481 e. The second-order valence-electron chi connectivity index (χ2n) is 8.13. The molecule has 0 bridgehead atoms. The third kappa shape index (κ3) is 9.09. The summed E-state index contributed by atoms with van der Waals surface area (Å²) >= 11 is 11.7. The Morgan fingerprint density at radius 2 is 1.39 bits per heavy atom. The van der Waals surface area contributed by atoms with Crippen LogP contribution in [0.3, 0.4) is 0 Å². The summed E-state index contributed by atoms with van der Waals surface area (Å²) in [5.41, 5.74) is 3.36. The van der Waals surface area contributed by atoms with Gasteiger partial charge in [0.1, 0.15) is 23.6 Å². The summed E-state index contributed by atoms with van der Waals surface area (Å²) < 4.78 is 5.83. The molecule has 0 aliphatic carbocycles. The molecule has 2 aromatic carbocycles. The number of carbonyl (C=O) groups excluding carboxylic acids is 1. The lowest BCUT2D eigenvalue weighted by atomic mass is 10.1. The van der Waals surface area contributed by atoms with Crippen molar-refractivity contribution in [2.75, 3.05) is 29.7 Å². The fourth-order valence-corrected chi connectivity index (χ4v) is 3.78. The van der Waals surface area contributed by atoms with Gasteiger partial charge in [-0.15, -0.1) is 23.2 Å². The van der Waals surface area contributed by atoms with Crippen molar-refractivity contribution in [1.82, 2.24) is 10.4 Å². The summed E-state index contributed by atoms with van der Waals surface area (Å²) in [6, 6.07) is 10.2. The van der Waals surface area contributed by atoms with Crippen LogP contribution in [0, 0.1) is 0 Å². The van der Waals surface area contributed by atoms with E-state index in [1.807, 2.05) is 17.0 Å². The Morgan fingerprint density at radius 1 is 0.868 bits per heavy atom. The number of benzene rings is 2. The second-order valence-corrected chi connectivity index (χ2v) is 8.88. The molecular formula is C25H29Cl2N3O8. The molecule has 11 nitrogen and oxygen atoms in total. The number of ether oxygens (including phenoxy) is 1. The zero-order valence-corrected chi connectivity index (χ0v) is 22.1. The fourth-order valence-electron chi connectivity index (χ4n) is 3.38. The molecular weight excluding hydrogens is 541 g/mol. The van der Waals surface area contributed by atoms with E-state index in [1.165, 1.54) is 31.2 Å². The Bertz CT molecular complexity index is 1090. The molecule has 0 fully saturated rings. The number of amides is 1. The van der Waals surface area contributed by atoms with Gasteiger partial charge in [-0.05, 0) is 61.9 Å². The standard InChI is InChI=1S/C25H29Cl2N3O8/c1-16(24(34)35)30(28-21(25(36)37)10-11-22(31)32)23(33)17-2-6-19(7-3-17)38-20-8-4-18(5-9-20)29(14-12-26)15-13-27/h2-9,16,21,28H,10-15H2,1H3,(H,31,32)(H,34,35)(H,36,37)/t16-,21-/m0/s1. The van der Waals surface area contributed by atoms with E-state index in [2.05, 4.69) is 5.43 Å². The fraction of sp³-hybridized carbons (Fsp3) is 0.360. The van der Waals surface area contributed by atoms with Gasteiger partial charge in [0.15, 0.2) is 0 Å². The Hall–Kier alpha value is -3.54. The van der Waals surface area contributed by atoms with Crippen LogP contribution in [0.1, 0.15) is 30.1 Å². The molecule has 2 rings (SSSR count). The molecule has 0 heterocycles. The SMILES string of the molecule is C[C@@H](C(=O)O)N(N[C@@H](CCC(=O)O)C(=O)O)C(=O)c1ccc(Oc2ccc(N(CCCl)CCCl)cc2)cc1. The molecule has 0 saturated heterocycles. The van der Waals surface area contributed by atoms with E-state index >= 15 is 0 Å². The van der Waals surface area contributed by atoms with Crippen LogP contribution in [0.2, 0.25) is 0 Å². The summed E-state index contributed by atoms with van der Waals surface area (Å²) in [5.74, 6) is -2.99. The average Bonchev–Trinajstić information content (AvgIpc) is 2.88. The lowest BCUT2D eigenvalue weighted by Gasteiger charge is -2.30. The van der Waals surface area contributed by atoms with Crippen LogP contribution in [0.5, 0.6) is 11.5 Å². The van der Waals surface area contributed by atoms with Crippen LogP contribution in [-0.2, 0) is 14.4 Å². The van der Waals surface area contributed by atoms with Crippen molar-refractivity contribution < 1.29 is 39.2 Å². The first kappa shape index (κ1) is 30.7. The molecule has 0 saturated carbocycles. The number of rotatable bonds is 16. The van der Waals surface area contributed by atoms with Crippen molar-refractivity contribution in [1.29, 1.82) is 0 Å². The molecule has 4 N–H and O–H groups in total. The van der Waals surface area contributed by atoms with Crippen molar-refractivity contribution >= 4 is 52.7 Å². The van der Waals surface area contributed by atoms with Gasteiger partial charge in [0.25, 0.3) is 5.91 Å². The van der Waals surface area contributed by atoms with Crippen molar-refractivity contribution in [3.63, 3.8) is 0 Å². The smallest absolute Gasteiger partial charge is 0.327 e. The minimum atomic E-state index is -1.49. The van der Waals surface area contributed by atoms with Crippen LogP contribution in [0.4, 0.5) is 5.69 Å². The zero-order chi connectivity index (χ0) is 28.2. The maximum absolute atomic E-state index is 13.1. The molecule has 0 aliphatic heterocycles. The third-order valence-electron chi connectivity index (χ3n) is 5.45. The number of carboxylic acid groups (broad SMARTS) is 3. The van der Waals surface area contributed by atoms with Crippen molar-refractivity contribution in [3.05, 3.63) is 54.1 Å². The second kappa shape index (κ2) is 15.0. The lowest BCUT2D eigenvalue weighted by molar-refractivity contribution is -0.147. The molecule has 0 spiro atoms. The van der Waals surface area contributed by atoms with Crippen LogP contribution < -0.4 is 15.1 Å². The summed E-state index contributed by atoms with van der Waals surface area (Å²) in [5, 5.41) is 28.4. The first-order valence-electron chi connectivity index (χ1n) is 11.6. The molecule has 13 heteroatoms. The summed E-state index contributed by atoms with van der Waals surface area (Å²) in [6.45, 7) is 2.48. The highest BCUT2D eigenvalue weighted by Crippen LogP contribution is 2.25. The topological polar surface area (TPSA) is 157 Å². The van der Waals surface area contributed by atoms with E-state index in [0.717, 1.165) is 5.69 Å². The summed E-state index contributed by atoms with van der Waals surface area (Å²) in [6.07, 6.45) is -0.847. The average molecular weight is 570 g/mol. The number of carboxylic acids is 3. The molecule has 206 valence electrons. The van der Waals surface area contributed by atoms with Gasteiger partial charge < -0.3 is 25.0 Å². The molecule has 0 aliphatic rings. The highest BCUT2D eigenvalue weighted by Gasteiger charge is 2.31. The summed E-state index contributed by atoms with van der Waals surface area (Å²) in [7, 11) is 0. The van der Waals surface area contributed by atoms with Crippen molar-refractivity contribution in [3.8, 4) is 11.5 Å². The number of nitrogens with one attached hydrogen (secondary N) is 1. The first-order chi connectivity index (χ1) is 18.1. The first-order valence-corrected chi connectivity index (χ1v) is 12.7. The van der Waals surface area contributed by atoms with Crippen molar-refractivity contribution in [2.24, 2.45) is 0 Å². The maximum atomic E-state index is 13.1. The molecule has 0 radical (unpaired) electrons. The summed E-state index contributed by atoms with van der Waals surface area (Å²) in [4.78, 5) is 49.1. The Kier molecular flexibility index (Phi) is 12.1. The van der Waals surface area contributed by atoms with Gasteiger partial charge in [0, 0.05) is 42.5 Å². The van der Waals surface area contributed by atoms with Gasteiger partial charge in [-0.2, -0.15) is 0 Å². The third-order valence-corrected chi connectivity index (χ3v) is 5.79. The Morgan fingerprint density at radius 3 is 1.84 bits per heavy atom. The van der Waals surface area contributed by atoms with E-state index < -0.39 is 42.3 Å². The molecule has 2 aromatic rings. The number of anilines is 1. The van der Waals surface area contributed by atoms with E-state index in [1.54, 1.807) is 12.1 Å². The maximum Gasteiger partial charge on any atom is 0.327 e. The van der Waals surface area contributed by atoms with Crippen LogP contribution in [0.25, 0.3) is 0 Å². The molecule has 2 atom stereocenters. The number of nitrogens with zero attached hydrogens (tertiary/aromatic N) is 2. The number of halogens is 2. The van der Waals surface area contributed by atoms with Crippen LogP contribution in [0.15, 0.2) is 48.5 Å². The van der Waals surface area contributed by atoms with Gasteiger partial charge in [-0.25, -0.2) is 10.2 Å². The van der Waals surface area contributed by atoms with Gasteiger partial charge in [-0.1, -0.05) is 0 Å². The molecule has 0 unspecified atom stereocenters. The van der Waals surface area contributed by atoms with Crippen LogP contribution >= 0.6 is 23.2 Å². The highest BCUT2D eigenvalue weighted by molar-refractivity contribution is 6.18. The van der Waals surface area contributed by atoms with E-state index in [-0.39, 0.29) is 12.0 Å². The van der Waals surface area contributed by atoms with Crippen molar-refractivity contribution in [2.45, 2.75) is 31.8 Å². The predicted molar refractivity (Wildman–Crippen MR) is 141 cm³/mol. The monoisotopic (exact) mass is 569 g/mol. The van der Waals surface area contributed by atoms with E-state index in [4.69, 9.17) is 33.0 Å². The Balaban J connectivity index is 2.16. The number of carbonyl (C=O) groups is 4. The van der Waals surface area contributed by atoms with Gasteiger partial charge >= 0.3 is 17.9 Å². The number of hydrazine groups is 1.